The second-order valence-electron chi connectivity index (χ2n) is 3.78. The molecule has 0 fully saturated rings. The Morgan fingerprint density at radius 1 is 1.33 bits per heavy atom. The zero-order valence-corrected chi connectivity index (χ0v) is 10.5. The molecule has 2 aromatic rings. The lowest BCUT2D eigenvalue weighted by molar-refractivity contribution is 0.0524. The summed E-state index contributed by atoms with van der Waals surface area (Å²) in [5.74, 6) is -0.319. The molecule has 2 rings (SSSR count). The number of furan rings is 1. The Morgan fingerprint density at radius 2 is 2.17 bits per heavy atom. The van der Waals surface area contributed by atoms with Crippen LogP contribution in [0, 0.1) is 0 Å². The van der Waals surface area contributed by atoms with E-state index in [-0.39, 0.29) is 5.97 Å². The van der Waals surface area contributed by atoms with Gasteiger partial charge in [0.25, 0.3) is 0 Å². The summed E-state index contributed by atoms with van der Waals surface area (Å²) in [6, 6.07) is 5.40. The zero-order valence-electron chi connectivity index (χ0n) is 10.5. The molecule has 2 heterocycles. The lowest BCUT2D eigenvalue weighted by Gasteiger charge is -2.08. The van der Waals surface area contributed by atoms with Gasteiger partial charge in [0.1, 0.15) is 0 Å². The van der Waals surface area contributed by atoms with E-state index in [0.29, 0.717) is 18.6 Å². The molecule has 0 aromatic carbocycles. The summed E-state index contributed by atoms with van der Waals surface area (Å²) >= 11 is 0. The van der Waals surface area contributed by atoms with Crippen LogP contribution in [0.15, 0.2) is 35.1 Å². The van der Waals surface area contributed by atoms with Crippen molar-refractivity contribution in [1.82, 2.24) is 4.98 Å². The van der Waals surface area contributed by atoms with Crippen molar-refractivity contribution in [1.29, 1.82) is 0 Å². The SMILES string of the molecule is CCOC(=O)c1ccc(-c2ccoc2)nc1CC. The minimum absolute atomic E-state index is 0.319. The molecule has 0 aliphatic carbocycles. The molecule has 94 valence electrons. The Hall–Kier alpha value is -2.10. The van der Waals surface area contributed by atoms with Gasteiger partial charge in [-0.05, 0) is 31.5 Å². The van der Waals surface area contributed by atoms with Gasteiger partial charge in [0, 0.05) is 5.56 Å². The minimum atomic E-state index is -0.319. The van der Waals surface area contributed by atoms with Crippen LogP contribution in [0.25, 0.3) is 11.3 Å². The maximum Gasteiger partial charge on any atom is 0.339 e. The van der Waals surface area contributed by atoms with E-state index in [1.54, 1.807) is 31.6 Å². The second kappa shape index (κ2) is 5.49. The van der Waals surface area contributed by atoms with Crippen molar-refractivity contribution in [3.8, 4) is 11.3 Å². The molecule has 4 nitrogen and oxygen atoms in total. The molecule has 0 saturated carbocycles. The molecule has 2 aromatic heterocycles. The van der Waals surface area contributed by atoms with Gasteiger partial charge < -0.3 is 9.15 Å². The highest BCUT2D eigenvalue weighted by Crippen LogP contribution is 2.20. The molecule has 18 heavy (non-hydrogen) atoms. The van der Waals surface area contributed by atoms with Crippen LogP contribution in [0.4, 0.5) is 0 Å². The summed E-state index contributed by atoms with van der Waals surface area (Å²) in [6.45, 7) is 4.12. The quantitative estimate of drug-likeness (QED) is 0.777. The van der Waals surface area contributed by atoms with Crippen molar-refractivity contribution in [2.45, 2.75) is 20.3 Å². The lowest BCUT2D eigenvalue weighted by Crippen LogP contribution is -2.09. The summed E-state index contributed by atoms with van der Waals surface area (Å²) in [7, 11) is 0. The van der Waals surface area contributed by atoms with Crippen LogP contribution in [0.1, 0.15) is 29.9 Å². The number of ether oxygens (including phenoxy) is 1. The Bertz CT molecular complexity index is 532. The maximum atomic E-state index is 11.7. The predicted octanol–water partition coefficient (Wildman–Crippen LogP) is 3.08. The van der Waals surface area contributed by atoms with Gasteiger partial charge in [0.15, 0.2) is 0 Å². The van der Waals surface area contributed by atoms with Gasteiger partial charge in [-0.25, -0.2) is 4.79 Å². The Balaban J connectivity index is 2.37. The largest absolute Gasteiger partial charge is 0.472 e. The lowest BCUT2D eigenvalue weighted by atomic mass is 10.1. The fourth-order valence-corrected chi connectivity index (χ4v) is 1.74. The summed E-state index contributed by atoms with van der Waals surface area (Å²) < 4.78 is 10.0. The monoisotopic (exact) mass is 245 g/mol. The summed E-state index contributed by atoms with van der Waals surface area (Å²) in [5, 5.41) is 0. The minimum Gasteiger partial charge on any atom is -0.472 e. The van der Waals surface area contributed by atoms with E-state index in [4.69, 9.17) is 9.15 Å². The van der Waals surface area contributed by atoms with Gasteiger partial charge in [-0.2, -0.15) is 0 Å². The van der Waals surface area contributed by atoms with E-state index in [2.05, 4.69) is 4.98 Å². The number of rotatable bonds is 4. The molecule has 0 unspecified atom stereocenters. The first kappa shape index (κ1) is 12.4. The number of hydrogen-bond acceptors (Lipinski definition) is 4. The third-order valence-electron chi connectivity index (χ3n) is 2.62. The number of carbonyl (C=O) groups excluding carboxylic acids is 1. The Morgan fingerprint density at radius 3 is 2.78 bits per heavy atom. The molecule has 0 atom stereocenters. The number of esters is 1. The highest BCUT2D eigenvalue weighted by atomic mass is 16.5. The molecular formula is C14H15NO3. The van der Waals surface area contributed by atoms with Crippen molar-refractivity contribution in [2.75, 3.05) is 6.61 Å². The molecule has 0 radical (unpaired) electrons. The normalized spacial score (nSPS) is 10.3. The molecule has 0 aliphatic rings. The molecular weight excluding hydrogens is 230 g/mol. The highest BCUT2D eigenvalue weighted by Gasteiger charge is 2.14. The van der Waals surface area contributed by atoms with Gasteiger partial charge in [-0.3, -0.25) is 4.98 Å². The Kier molecular flexibility index (Phi) is 3.77. The zero-order chi connectivity index (χ0) is 13.0. The summed E-state index contributed by atoms with van der Waals surface area (Å²) in [4.78, 5) is 16.2. The van der Waals surface area contributed by atoms with Gasteiger partial charge in [0.05, 0.1) is 36.1 Å². The van der Waals surface area contributed by atoms with E-state index in [0.717, 1.165) is 17.0 Å². The van der Waals surface area contributed by atoms with E-state index in [1.165, 1.54) is 0 Å². The van der Waals surface area contributed by atoms with Crippen molar-refractivity contribution >= 4 is 5.97 Å². The van der Waals surface area contributed by atoms with Crippen LogP contribution in [0.3, 0.4) is 0 Å². The van der Waals surface area contributed by atoms with E-state index >= 15 is 0 Å². The molecule has 0 saturated heterocycles. The standard InChI is InChI=1S/C14H15NO3/c1-3-12-11(14(16)18-4-2)5-6-13(15-12)10-7-8-17-9-10/h5-9H,3-4H2,1-2H3. The van der Waals surface area contributed by atoms with Gasteiger partial charge >= 0.3 is 5.97 Å². The second-order valence-corrected chi connectivity index (χ2v) is 3.78. The van der Waals surface area contributed by atoms with Crippen molar-refractivity contribution in [3.05, 3.63) is 42.0 Å². The highest BCUT2D eigenvalue weighted by molar-refractivity contribution is 5.91. The van der Waals surface area contributed by atoms with E-state index in [1.807, 2.05) is 13.0 Å². The van der Waals surface area contributed by atoms with Crippen molar-refractivity contribution < 1.29 is 13.9 Å². The molecule has 0 amide bonds. The van der Waals surface area contributed by atoms with Crippen LogP contribution in [-0.2, 0) is 11.2 Å². The van der Waals surface area contributed by atoms with Crippen LogP contribution < -0.4 is 0 Å². The van der Waals surface area contributed by atoms with Crippen molar-refractivity contribution in [3.63, 3.8) is 0 Å². The topological polar surface area (TPSA) is 52.3 Å². The number of nitrogens with zero attached hydrogens (tertiary/aromatic N) is 1. The first-order chi connectivity index (χ1) is 8.76. The third-order valence-corrected chi connectivity index (χ3v) is 2.62. The first-order valence-electron chi connectivity index (χ1n) is 5.95. The predicted molar refractivity (Wildman–Crippen MR) is 67.3 cm³/mol. The number of carbonyl (C=O) groups is 1. The van der Waals surface area contributed by atoms with Crippen LogP contribution in [-0.4, -0.2) is 17.6 Å². The van der Waals surface area contributed by atoms with Gasteiger partial charge in [-0.15, -0.1) is 0 Å². The third kappa shape index (κ3) is 2.42. The summed E-state index contributed by atoms with van der Waals surface area (Å²) in [5.41, 5.74) is 2.98. The van der Waals surface area contributed by atoms with Crippen LogP contribution in [0.5, 0.6) is 0 Å². The maximum absolute atomic E-state index is 11.7. The van der Waals surface area contributed by atoms with Gasteiger partial charge in [-0.1, -0.05) is 6.92 Å². The van der Waals surface area contributed by atoms with E-state index in [9.17, 15) is 4.79 Å². The average molecular weight is 245 g/mol. The average Bonchev–Trinajstić information content (AvgIpc) is 2.92. The van der Waals surface area contributed by atoms with Crippen molar-refractivity contribution in [2.24, 2.45) is 0 Å². The fourth-order valence-electron chi connectivity index (χ4n) is 1.74. The number of aromatic nitrogens is 1. The first-order valence-corrected chi connectivity index (χ1v) is 5.95. The van der Waals surface area contributed by atoms with Crippen LogP contribution >= 0.6 is 0 Å². The molecule has 0 bridgehead atoms. The molecule has 0 spiro atoms. The number of hydrogen-bond donors (Lipinski definition) is 0. The van der Waals surface area contributed by atoms with E-state index < -0.39 is 0 Å². The smallest absolute Gasteiger partial charge is 0.339 e. The fraction of sp³-hybridized carbons (Fsp3) is 0.286. The van der Waals surface area contributed by atoms with Crippen LogP contribution in [0.2, 0.25) is 0 Å². The molecule has 0 N–H and O–H groups in total. The number of aryl methyl sites for hydroxylation is 1. The number of pyridine rings is 1. The molecule has 4 heteroatoms. The molecule has 0 aliphatic heterocycles. The van der Waals surface area contributed by atoms with Gasteiger partial charge in [0.2, 0.25) is 0 Å². The summed E-state index contributed by atoms with van der Waals surface area (Å²) in [6.07, 6.45) is 3.91. The Labute approximate surface area is 106 Å².